The molecule has 6 nitrogen and oxygen atoms in total. The number of hydrogen-bond donors (Lipinski definition) is 3. The maximum absolute atomic E-state index is 12.3. The number of aliphatic hydroxyl groups is 1. The van der Waals surface area contributed by atoms with Gasteiger partial charge in [0.1, 0.15) is 0 Å². The predicted molar refractivity (Wildman–Crippen MR) is 80.1 cm³/mol. The van der Waals surface area contributed by atoms with Crippen molar-refractivity contribution in [3.63, 3.8) is 0 Å². The monoisotopic (exact) mass is 300 g/mol. The molecule has 1 aliphatic carbocycles. The molecule has 1 saturated carbocycles. The smallest absolute Gasteiger partial charge is 0.317 e. The van der Waals surface area contributed by atoms with Crippen LogP contribution in [-0.4, -0.2) is 51.8 Å². The zero-order chi connectivity index (χ0) is 16.0. The van der Waals surface area contributed by atoms with Crippen molar-refractivity contribution in [2.24, 2.45) is 5.92 Å². The minimum Gasteiger partial charge on any atom is -0.481 e. The van der Waals surface area contributed by atoms with Crippen LogP contribution in [-0.2, 0) is 4.79 Å². The average Bonchev–Trinajstić information content (AvgIpc) is 2.60. The van der Waals surface area contributed by atoms with E-state index in [1.807, 2.05) is 6.92 Å². The van der Waals surface area contributed by atoms with E-state index in [1.165, 1.54) is 4.90 Å². The fourth-order valence-corrected chi connectivity index (χ4v) is 2.82. The van der Waals surface area contributed by atoms with Crippen molar-refractivity contribution in [1.82, 2.24) is 10.2 Å². The molecule has 3 N–H and O–H groups in total. The number of urea groups is 1. The van der Waals surface area contributed by atoms with E-state index in [-0.39, 0.29) is 18.6 Å². The molecular formula is C15H28N2O4. The van der Waals surface area contributed by atoms with Crippen LogP contribution in [0, 0.1) is 5.92 Å². The lowest BCUT2D eigenvalue weighted by atomic mass is 9.95. The second-order valence-corrected chi connectivity index (χ2v) is 6.47. The van der Waals surface area contributed by atoms with E-state index in [0.29, 0.717) is 19.4 Å². The van der Waals surface area contributed by atoms with Gasteiger partial charge in [-0.1, -0.05) is 19.3 Å². The number of nitrogens with one attached hydrogen (secondary N) is 1. The van der Waals surface area contributed by atoms with Crippen LogP contribution in [0.5, 0.6) is 0 Å². The van der Waals surface area contributed by atoms with Crippen molar-refractivity contribution in [3.8, 4) is 0 Å². The van der Waals surface area contributed by atoms with Gasteiger partial charge in [0.25, 0.3) is 0 Å². The van der Waals surface area contributed by atoms with E-state index in [4.69, 9.17) is 0 Å². The summed E-state index contributed by atoms with van der Waals surface area (Å²) in [5.41, 5.74) is -0.969. The SMILES string of the molecule is CCN(CC(C)(C)O)C(=O)NC1CCCCCC1C(=O)O. The van der Waals surface area contributed by atoms with Crippen molar-refractivity contribution >= 4 is 12.0 Å². The Morgan fingerprint density at radius 1 is 1.24 bits per heavy atom. The highest BCUT2D eigenvalue weighted by atomic mass is 16.4. The highest BCUT2D eigenvalue weighted by molar-refractivity contribution is 5.77. The molecule has 2 atom stereocenters. The Morgan fingerprint density at radius 3 is 2.38 bits per heavy atom. The van der Waals surface area contributed by atoms with Gasteiger partial charge in [0, 0.05) is 12.6 Å². The standard InChI is InChI=1S/C15H28N2O4/c1-4-17(10-15(2,3)21)14(20)16-12-9-7-5-6-8-11(12)13(18)19/h11-12,21H,4-10H2,1-3H3,(H,16,20)(H,18,19). The summed E-state index contributed by atoms with van der Waals surface area (Å²) >= 11 is 0. The Kier molecular flexibility index (Phi) is 6.45. The van der Waals surface area contributed by atoms with E-state index in [9.17, 15) is 19.8 Å². The van der Waals surface area contributed by atoms with Crippen molar-refractivity contribution in [2.45, 2.75) is 64.5 Å². The predicted octanol–water partition coefficient (Wildman–Crippen LogP) is 1.82. The van der Waals surface area contributed by atoms with Gasteiger partial charge in [-0.15, -0.1) is 0 Å². The molecule has 0 aliphatic heterocycles. The lowest BCUT2D eigenvalue weighted by Gasteiger charge is -2.31. The number of nitrogens with zero attached hydrogens (tertiary/aromatic N) is 1. The zero-order valence-corrected chi connectivity index (χ0v) is 13.3. The number of carboxylic acids is 1. The van der Waals surface area contributed by atoms with Crippen molar-refractivity contribution in [1.29, 1.82) is 0 Å². The second kappa shape index (κ2) is 7.64. The molecule has 0 bridgehead atoms. The quantitative estimate of drug-likeness (QED) is 0.676. The molecule has 1 rings (SSSR count). The number of aliphatic carboxylic acids is 1. The molecule has 2 amide bonds. The Morgan fingerprint density at radius 2 is 1.86 bits per heavy atom. The van der Waals surface area contributed by atoms with Crippen molar-refractivity contribution in [3.05, 3.63) is 0 Å². The first-order valence-corrected chi connectivity index (χ1v) is 7.75. The van der Waals surface area contributed by atoms with Crippen LogP contribution in [0.4, 0.5) is 4.79 Å². The van der Waals surface area contributed by atoms with Crippen LogP contribution < -0.4 is 5.32 Å². The van der Waals surface area contributed by atoms with E-state index in [1.54, 1.807) is 13.8 Å². The summed E-state index contributed by atoms with van der Waals surface area (Å²) in [5.74, 6) is -1.36. The van der Waals surface area contributed by atoms with Crippen molar-refractivity contribution in [2.75, 3.05) is 13.1 Å². The minimum absolute atomic E-state index is 0.222. The number of hydrogen-bond acceptors (Lipinski definition) is 3. The molecule has 0 saturated heterocycles. The molecule has 1 fully saturated rings. The molecule has 2 unspecified atom stereocenters. The molecule has 0 aromatic carbocycles. The second-order valence-electron chi connectivity index (χ2n) is 6.47. The third kappa shape index (κ3) is 5.91. The topological polar surface area (TPSA) is 89.9 Å². The lowest BCUT2D eigenvalue weighted by Crippen LogP contribution is -2.51. The van der Waals surface area contributed by atoms with Gasteiger partial charge in [-0.05, 0) is 33.6 Å². The van der Waals surface area contributed by atoms with E-state index in [0.717, 1.165) is 19.3 Å². The zero-order valence-electron chi connectivity index (χ0n) is 13.3. The molecule has 6 heteroatoms. The van der Waals surface area contributed by atoms with E-state index >= 15 is 0 Å². The van der Waals surface area contributed by atoms with Crippen LogP contribution >= 0.6 is 0 Å². The van der Waals surface area contributed by atoms with Gasteiger partial charge in [0.05, 0.1) is 18.1 Å². The average molecular weight is 300 g/mol. The van der Waals surface area contributed by atoms with E-state index in [2.05, 4.69) is 5.32 Å². The van der Waals surface area contributed by atoms with Crippen molar-refractivity contribution < 1.29 is 19.8 Å². The largest absolute Gasteiger partial charge is 0.481 e. The molecule has 0 heterocycles. The Bertz CT molecular complexity index is 365. The molecule has 0 aromatic heterocycles. The van der Waals surface area contributed by atoms with Crippen LogP contribution in [0.2, 0.25) is 0 Å². The molecule has 122 valence electrons. The van der Waals surface area contributed by atoms with Gasteiger partial charge in [0.2, 0.25) is 0 Å². The lowest BCUT2D eigenvalue weighted by molar-refractivity contribution is -0.142. The highest BCUT2D eigenvalue weighted by Crippen LogP contribution is 2.24. The Hall–Kier alpha value is -1.30. The van der Waals surface area contributed by atoms with E-state index < -0.39 is 17.5 Å². The van der Waals surface area contributed by atoms with Crippen LogP contribution in [0.25, 0.3) is 0 Å². The first kappa shape index (κ1) is 17.8. The highest BCUT2D eigenvalue weighted by Gasteiger charge is 2.32. The summed E-state index contributed by atoms with van der Waals surface area (Å²) < 4.78 is 0. The maximum Gasteiger partial charge on any atom is 0.317 e. The molecule has 0 aromatic rings. The van der Waals surface area contributed by atoms with Gasteiger partial charge in [-0.2, -0.15) is 0 Å². The summed E-state index contributed by atoms with van der Waals surface area (Å²) in [4.78, 5) is 25.2. The Balaban J connectivity index is 2.70. The fraction of sp³-hybridized carbons (Fsp3) is 0.867. The molecular weight excluding hydrogens is 272 g/mol. The third-order valence-electron chi connectivity index (χ3n) is 3.89. The first-order chi connectivity index (χ1) is 9.74. The number of carbonyl (C=O) groups excluding carboxylic acids is 1. The number of carboxylic acid groups (broad SMARTS) is 1. The molecule has 1 aliphatic rings. The van der Waals surface area contributed by atoms with Crippen LogP contribution in [0.1, 0.15) is 52.9 Å². The normalized spacial score (nSPS) is 23.2. The molecule has 0 spiro atoms. The summed E-state index contributed by atoms with van der Waals surface area (Å²) in [6.45, 7) is 5.83. The van der Waals surface area contributed by atoms with Gasteiger partial charge in [-0.25, -0.2) is 4.79 Å². The fourth-order valence-electron chi connectivity index (χ4n) is 2.82. The number of likely N-dealkylation sites (N-methyl/N-ethyl adjacent to an activating group) is 1. The maximum atomic E-state index is 12.3. The number of amides is 2. The number of carbonyl (C=O) groups is 2. The van der Waals surface area contributed by atoms with Gasteiger partial charge in [0.15, 0.2) is 0 Å². The third-order valence-corrected chi connectivity index (χ3v) is 3.89. The number of rotatable bonds is 5. The van der Waals surface area contributed by atoms with Crippen LogP contribution in [0.15, 0.2) is 0 Å². The first-order valence-electron chi connectivity index (χ1n) is 7.75. The Labute approximate surface area is 126 Å². The molecule has 21 heavy (non-hydrogen) atoms. The molecule has 0 radical (unpaired) electrons. The van der Waals surface area contributed by atoms with Crippen LogP contribution in [0.3, 0.4) is 0 Å². The van der Waals surface area contributed by atoms with Gasteiger partial charge >= 0.3 is 12.0 Å². The summed E-state index contributed by atoms with van der Waals surface area (Å²) in [5, 5.41) is 22.0. The van der Waals surface area contributed by atoms with Gasteiger partial charge < -0.3 is 20.4 Å². The minimum atomic E-state index is -0.969. The summed E-state index contributed by atoms with van der Waals surface area (Å²) in [7, 11) is 0. The van der Waals surface area contributed by atoms with Gasteiger partial charge in [-0.3, -0.25) is 4.79 Å². The summed E-state index contributed by atoms with van der Waals surface area (Å²) in [6.07, 6.45) is 4.15. The summed E-state index contributed by atoms with van der Waals surface area (Å²) in [6, 6.07) is -0.619.